The predicted molar refractivity (Wildman–Crippen MR) is 110 cm³/mol. The maximum atomic E-state index is 12.9. The van der Waals surface area contributed by atoms with Crippen LogP contribution in [0.15, 0.2) is 36.0 Å². The number of rotatable bonds is 8. The number of carbonyl (C=O) groups is 1. The number of nitrogens with zero attached hydrogens (tertiary/aromatic N) is 1. The number of hydrogen-bond donors (Lipinski definition) is 0. The molecule has 0 radical (unpaired) electrons. The molecule has 0 spiro atoms. The first-order valence-electron chi connectivity index (χ1n) is 8.76. The molecule has 3 nitrogen and oxygen atoms in total. The van der Waals surface area contributed by atoms with Crippen molar-refractivity contribution in [1.82, 2.24) is 4.90 Å². The SMILES string of the molecule is CN(C)/C(=C/C(=O)c1ccccc1O[Si](C)(C)C(C)(C)C)CCCCl. The Balaban J connectivity index is 3.16. The minimum atomic E-state index is -2.01. The van der Waals surface area contributed by atoms with Crippen LogP contribution in [0.25, 0.3) is 0 Å². The molecule has 0 saturated carbocycles. The van der Waals surface area contributed by atoms with Crippen molar-refractivity contribution in [3.8, 4) is 5.75 Å². The zero-order valence-electron chi connectivity index (χ0n) is 16.6. The molecular weight excluding hydrogens is 350 g/mol. The van der Waals surface area contributed by atoms with Gasteiger partial charge in [0.05, 0.1) is 5.56 Å². The lowest BCUT2D eigenvalue weighted by atomic mass is 10.1. The molecule has 140 valence electrons. The Bertz CT molecular complexity index is 618. The number of carbonyl (C=O) groups excluding carboxylic acids is 1. The van der Waals surface area contributed by atoms with E-state index in [1.54, 1.807) is 6.08 Å². The summed E-state index contributed by atoms with van der Waals surface area (Å²) in [4.78, 5) is 14.9. The molecule has 0 heterocycles. The fourth-order valence-electron chi connectivity index (χ4n) is 2.09. The second kappa shape index (κ2) is 8.90. The van der Waals surface area contributed by atoms with Crippen molar-refractivity contribution in [1.29, 1.82) is 0 Å². The van der Waals surface area contributed by atoms with Gasteiger partial charge in [0.1, 0.15) is 5.75 Å². The monoisotopic (exact) mass is 381 g/mol. The van der Waals surface area contributed by atoms with Crippen LogP contribution in [0.3, 0.4) is 0 Å². The molecule has 25 heavy (non-hydrogen) atoms. The van der Waals surface area contributed by atoms with E-state index in [4.69, 9.17) is 16.0 Å². The highest BCUT2D eigenvalue weighted by molar-refractivity contribution is 6.74. The fourth-order valence-corrected chi connectivity index (χ4v) is 3.26. The van der Waals surface area contributed by atoms with Crippen molar-refractivity contribution in [2.75, 3.05) is 20.0 Å². The van der Waals surface area contributed by atoms with Gasteiger partial charge in [-0.2, -0.15) is 0 Å². The molecule has 0 atom stereocenters. The lowest BCUT2D eigenvalue weighted by molar-refractivity contribution is 0.104. The molecule has 1 aromatic carbocycles. The lowest BCUT2D eigenvalue weighted by Crippen LogP contribution is -2.44. The molecule has 1 aromatic rings. The molecule has 0 aliphatic rings. The van der Waals surface area contributed by atoms with Gasteiger partial charge in [-0.05, 0) is 43.1 Å². The standard InChI is InChI=1S/C20H32ClNO2Si/c1-20(2,3)25(6,7)24-19-13-9-8-12-17(19)18(23)15-16(22(4)5)11-10-14-21/h8-9,12-13,15H,10-11,14H2,1-7H3/b16-15+. The first kappa shape index (κ1) is 21.8. The summed E-state index contributed by atoms with van der Waals surface area (Å²) in [6, 6.07) is 7.54. The van der Waals surface area contributed by atoms with E-state index in [1.165, 1.54) is 0 Å². The Morgan fingerprint density at radius 1 is 1.24 bits per heavy atom. The predicted octanol–water partition coefficient (Wildman–Crippen LogP) is 5.72. The van der Waals surface area contributed by atoms with Gasteiger partial charge in [0.2, 0.25) is 0 Å². The third-order valence-electron chi connectivity index (χ3n) is 4.76. The van der Waals surface area contributed by atoms with Gasteiger partial charge >= 0.3 is 0 Å². The number of alkyl halides is 1. The number of allylic oxidation sites excluding steroid dienone is 2. The Morgan fingerprint density at radius 2 is 1.84 bits per heavy atom. The average Bonchev–Trinajstić information content (AvgIpc) is 2.50. The Kier molecular flexibility index (Phi) is 7.76. The highest BCUT2D eigenvalue weighted by Gasteiger charge is 2.39. The molecule has 0 amide bonds. The molecule has 0 saturated heterocycles. The van der Waals surface area contributed by atoms with E-state index in [0.717, 1.165) is 18.5 Å². The summed E-state index contributed by atoms with van der Waals surface area (Å²) in [7, 11) is 1.89. The van der Waals surface area contributed by atoms with Crippen molar-refractivity contribution >= 4 is 25.7 Å². The Hall–Kier alpha value is -1.26. The number of hydrogen-bond acceptors (Lipinski definition) is 3. The average molecular weight is 382 g/mol. The maximum absolute atomic E-state index is 12.9. The molecule has 5 heteroatoms. The minimum Gasteiger partial charge on any atom is -0.543 e. The van der Waals surface area contributed by atoms with Crippen LogP contribution in [0, 0.1) is 0 Å². The van der Waals surface area contributed by atoms with Crippen LogP contribution in [0.2, 0.25) is 18.1 Å². The highest BCUT2D eigenvalue weighted by atomic mass is 35.5. The van der Waals surface area contributed by atoms with Crippen molar-refractivity contribution in [2.45, 2.75) is 51.7 Å². The molecule has 0 fully saturated rings. The largest absolute Gasteiger partial charge is 0.543 e. The smallest absolute Gasteiger partial charge is 0.250 e. The number of benzene rings is 1. The van der Waals surface area contributed by atoms with Gasteiger partial charge in [-0.15, -0.1) is 11.6 Å². The van der Waals surface area contributed by atoms with Gasteiger partial charge in [-0.3, -0.25) is 4.79 Å². The van der Waals surface area contributed by atoms with Gasteiger partial charge in [-0.1, -0.05) is 32.9 Å². The van der Waals surface area contributed by atoms with Crippen LogP contribution in [-0.2, 0) is 0 Å². The molecule has 0 aliphatic carbocycles. The molecular formula is C20H32ClNO2Si. The van der Waals surface area contributed by atoms with Crippen LogP contribution in [0.5, 0.6) is 5.75 Å². The Morgan fingerprint density at radius 3 is 2.36 bits per heavy atom. The summed E-state index contributed by atoms with van der Waals surface area (Å²) in [5, 5.41) is 0.0775. The van der Waals surface area contributed by atoms with Gasteiger partial charge in [0.25, 0.3) is 8.32 Å². The summed E-state index contributed by atoms with van der Waals surface area (Å²) in [5.41, 5.74) is 1.60. The van der Waals surface area contributed by atoms with Crippen molar-refractivity contribution in [2.24, 2.45) is 0 Å². The van der Waals surface area contributed by atoms with E-state index < -0.39 is 8.32 Å². The topological polar surface area (TPSA) is 29.5 Å². The van der Waals surface area contributed by atoms with Crippen LogP contribution in [0.4, 0.5) is 0 Å². The fraction of sp³-hybridized carbons (Fsp3) is 0.550. The second-order valence-corrected chi connectivity index (χ2v) is 13.1. The second-order valence-electron chi connectivity index (χ2n) is 8.05. The van der Waals surface area contributed by atoms with E-state index in [1.807, 2.05) is 43.3 Å². The first-order valence-corrected chi connectivity index (χ1v) is 12.2. The molecule has 0 aromatic heterocycles. The number of halogens is 1. The zero-order chi connectivity index (χ0) is 19.3. The number of para-hydroxylation sites is 1. The van der Waals surface area contributed by atoms with Gasteiger partial charge in [0.15, 0.2) is 5.78 Å². The quantitative estimate of drug-likeness (QED) is 0.249. The summed E-state index contributed by atoms with van der Waals surface area (Å²) >= 11 is 5.80. The third kappa shape index (κ3) is 6.19. The highest BCUT2D eigenvalue weighted by Crippen LogP contribution is 2.38. The third-order valence-corrected chi connectivity index (χ3v) is 9.37. The summed E-state index contributed by atoms with van der Waals surface area (Å²) < 4.78 is 6.40. The lowest BCUT2D eigenvalue weighted by Gasteiger charge is -2.36. The van der Waals surface area contributed by atoms with E-state index in [9.17, 15) is 4.79 Å². The molecule has 0 aliphatic heterocycles. The van der Waals surface area contributed by atoms with Crippen molar-refractivity contribution < 1.29 is 9.22 Å². The van der Waals surface area contributed by atoms with Crippen molar-refractivity contribution in [3.63, 3.8) is 0 Å². The van der Waals surface area contributed by atoms with Gasteiger partial charge in [0, 0.05) is 31.7 Å². The molecule has 0 unspecified atom stereocenters. The summed E-state index contributed by atoms with van der Waals surface area (Å²) in [5.74, 6) is 1.25. The maximum Gasteiger partial charge on any atom is 0.250 e. The van der Waals surface area contributed by atoms with E-state index in [0.29, 0.717) is 17.2 Å². The van der Waals surface area contributed by atoms with E-state index in [-0.39, 0.29) is 10.8 Å². The normalized spacial score (nSPS) is 12.9. The van der Waals surface area contributed by atoms with Gasteiger partial charge < -0.3 is 9.33 Å². The minimum absolute atomic E-state index is 0.0208. The first-order chi connectivity index (χ1) is 11.5. The number of ketones is 1. The van der Waals surface area contributed by atoms with Crippen LogP contribution in [0.1, 0.15) is 44.0 Å². The van der Waals surface area contributed by atoms with Crippen molar-refractivity contribution in [3.05, 3.63) is 41.6 Å². The van der Waals surface area contributed by atoms with Gasteiger partial charge in [-0.25, -0.2) is 0 Å². The Labute approximate surface area is 159 Å². The zero-order valence-corrected chi connectivity index (χ0v) is 18.4. The van der Waals surface area contributed by atoms with Crippen LogP contribution < -0.4 is 4.43 Å². The van der Waals surface area contributed by atoms with Crippen LogP contribution in [-0.4, -0.2) is 39.0 Å². The summed E-state index contributed by atoms with van der Waals surface area (Å²) in [6.07, 6.45) is 3.34. The molecule has 0 N–H and O–H groups in total. The molecule has 0 bridgehead atoms. The van der Waals surface area contributed by atoms with E-state index in [2.05, 4.69) is 33.9 Å². The molecule has 1 rings (SSSR count). The summed E-state index contributed by atoms with van der Waals surface area (Å²) in [6.45, 7) is 11.0. The van der Waals surface area contributed by atoms with E-state index >= 15 is 0 Å². The van der Waals surface area contributed by atoms with Crippen LogP contribution >= 0.6 is 11.6 Å².